The van der Waals surface area contributed by atoms with E-state index in [9.17, 15) is 14.0 Å². The summed E-state index contributed by atoms with van der Waals surface area (Å²) in [7, 11) is 0. The molecule has 0 atom stereocenters. The number of ether oxygens (including phenoxy) is 1. The summed E-state index contributed by atoms with van der Waals surface area (Å²) in [5.41, 5.74) is 0.726. The lowest BCUT2D eigenvalue weighted by Gasteiger charge is -2.06. The molecule has 0 bridgehead atoms. The Hall–Kier alpha value is -2.63. The molecule has 0 aliphatic heterocycles. The van der Waals surface area contributed by atoms with E-state index in [1.54, 1.807) is 6.92 Å². The van der Waals surface area contributed by atoms with Gasteiger partial charge in [0.1, 0.15) is 18.7 Å². The highest BCUT2D eigenvalue weighted by atomic mass is 19.1. The van der Waals surface area contributed by atoms with Crippen molar-refractivity contribution in [1.29, 1.82) is 0 Å². The minimum atomic E-state index is -1.18. The van der Waals surface area contributed by atoms with Crippen molar-refractivity contribution in [2.45, 2.75) is 13.5 Å². The van der Waals surface area contributed by atoms with Gasteiger partial charge >= 0.3 is 5.97 Å². The van der Waals surface area contributed by atoms with Gasteiger partial charge in [0.05, 0.1) is 0 Å². The van der Waals surface area contributed by atoms with Gasteiger partial charge in [0, 0.05) is 11.1 Å². The highest BCUT2D eigenvalue weighted by molar-refractivity contribution is 5.84. The molecule has 5 nitrogen and oxygen atoms in total. The highest BCUT2D eigenvalue weighted by Gasteiger charge is 2.14. The standard InChI is InChI=1S/C14H11FO5/c1-8-10(5-13(20-8)14(17)18)7-19-12-3-2-9(6-16)4-11(12)15/h2-6H,7H2,1H3,(H,17,18). The topological polar surface area (TPSA) is 76.7 Å². The minimum Gasteiger partial charge on any atom is -0.486 e. The Bertz CT molecular complexity index is 660. The van der Waals surface area contributed by atoms with Crippen molar-refractivity contribution in [3.63, 3.8) is 0 Å². The lowest BCUT2D eigenvalue weighted by molar-refractivity contribution is 0.0661. The Labute approximate surface area is 113 Å². The molecule has 2 rings (SSSR count). The lowest BCUT2D eigenvalue weighted by Crippen LogP contribution is -1.98. The highest BCUT2D eigenvalue weighted by Crippen LogP contribution is 2.21. The number of carboxylic acid groups (broad SMARTS) is 1. The Kier molecular flexibility index (Phi) is 3.84. The predicted octanol–water partition coefficient (Wildman–Crippen LogP) is 2.82. The summed E-state index contributed by atoms with van der Waals surface area (Å²) in [5, 5.41) is 8.78. The van der Waals surface area contributed by atoms with E-state index in [1.165, 1.54) is 18.2 Å². The molecule has 0 spiro atoms. The number of carbonyl (C=O) groups excluding carboxylic acids is 1. The number of rotatable bonds is 5. The van der Waals surface area contributed by atoms with Crippen LogP contribution in [0.3, 0.4) is 0 Å². The summed E-state index contributed by atoms with van der Waals surface area (Å²) < 4.78 is 23.8. The quantitative estimate of drug-likeness (QED) is 0.851. The Morgan fingerprint density at radius 3 is 2.75 bits per heavy atom. The fourth-order valence-corrected chi connectivity index (χ4v) is 1.63. The van der Waals surface area contributed by atoms with Crippen LogP contribution in [-0.4, -0.2) is 17.4 Å². The maximum Gasteiger partial charge on any atom is 0.371 e. The van der Waals surface area contributed by atoms with Crippen molar-refractivity contribution in [3.05, 3.63) is 52.7 Å². The van der Waals surface area contributed by atoms with Crippen LogP contribution in [0.2, 0.25) is 0 Å². The van der Waals surface area contributed by atoms with E-state index in [2.05, 4.69) is 0 Å². The number of carbonyl (C=O) groups is 2. The third-order valence-corrected chi connectivity index (χ3v) is 2.71. The van der Waals surface area contributed by atoms with Crippen LogP contribution in [0, 0.1) is 12.7 Å². The van der Waals surface area contributed by atoms with E-state index in [-0.39, 0.29) is 23.7 Å². The molecule has 0 saturated heterocycles. The average Bonchev–Trinajstić information content (AvgIpc) is 2.79. The van der Waals surface area contributed by atoms with Gasteiger partial charge in [-0.2, -0.15) is 0 Å². The molecule has 1 aromatic carbocycles. The number of halogens is 1. The summed E-state index contributed by atoms with van der Waals surface area (Å²) >= 11 is 0. The van der Waals surface area contributed by atoms with E-state index in [0.29, 0.717) is 17.6 Å². The monoisotopic (exact) mass is 278 g/mol. The molecule has 0 fully saturated rings. The number of aryl methyl sites for hydroxylation is 1. The van der Waals surface area contributed by atoms with Gasteiger partial charge in [-0.05, 0) is 31.2 Å². The molecule has 6 heteroatoms. The van der Waals surface area contributed by atoms with Crippen LogP contribution in [-0.2, 0) is 6.61 Å². The van der Waals surface area contributed by atoms with Gasteiger partial charge in [0.25, 0.3) is 0 Å². The molecule has 0 unspecified atom stereocenters. The molecule has 1 N–H and O–H groups in total. The van der Waals surface area contributed by atoms with Crippen LogP contribution >= 0.6 is 0 Å². The molecule has 0 radical (unpaired) electrons. The largest absolute Gasteiger partial charge is 0.486 e. The van der Waals surface area contributed by atoms with Crippen molar-refractivity contribution in [2.75, 3.05) is 0 Å². The molecule has 0 aliphatic rings. The zero-order valence-electron chi connectivity index (χ0n) is 10.6. The molecule has 104 valence electrons. The van der Waals surface area contributed by atoms with Gasteiger partial charge in [-0.25, -0.2) is 9.18 Å². The van der Waals surface area contributed by atoms with Crippen LogP contribution in [0.15, 0.2) is 28.7 Å². The van der Waals surface area contributed by atoms with Crippen molar-refractivity contribution in [3.8, 4) is 5.75 Å². The van der Waals surface area contributed by atoms with Gasteiger partial charge < -0.3 is 14.3 Å². The van der Waals surface area contributed by atoms with Crippen molar-refractivity contribution >= 4 is 12.3 Å². The third kappa shape index (κ3) is 2.85. The van der Waals surface area contributed by atoms with Gasteiger partial charge in [-0.1, -0.05) is 0 Å². The van der Waals surface area contributed by atoms with Crippen LogP contribution in [0.1, 0.15) is 32.2 Å². The van der Waals surface area contributed by atoms with Crippen LogP contribution < -0.4 is 4.74 Å². The molecular weight excluding hydrogens is 267 g/mol. The smallest absolute Gasteiger partial charge is 0.371 e. The fourth-order valence-electron chi connectivity index (χ4n) is 1.63. The summed E-state index contributed by atoms with van der Waals surface area (Å²) in [6.45, 7) is 1.57. The summed E-state index contributed by atoms with van der Waals surface area (Å²) in [4.78, 5) is 21.2. The van der Waals surface area contributed by atoms with E-state index >= 15 is 0 Å². The molecule has 2 aromatic rings. The summed E-state index contributed by atoms with van der Waals surface area (Å²) in [6.07, 6.45) is 0.534. The number of aromatic carboxylic acids is 1. The maximum atomic E-state index is 13.6. The Morgan fingerprint density at radius 1 is 1.45 bits per heavy atom. The average molecular weight is 278 g/mol. The van der Waals surface area contributed by atoms with Crippen molar-refractivity contribution in [2.24, 2.45) is 0 Å². The number of hydrogen-bond acceptors (Lipinski definition) is 4. The van der Waals surface area contributed by atoms with E-state index in [0.717, 1.165) is 6.07 Å². The first kappa shape index (κ1) is 13.8. The maximum absolute atomic E-state index is 13.6. The second-order valence-electron chi connectivity index (χ2n) is 4.09. The molecular formula is C14H11FO5. The van der Waals surface area contributed by atoms with Crippen molar-refractivity contribution in [1.82, 2.24) is 0 Å². The van der Waals surface area contributed by atoms with Gasteiger partial charge in [0.15, 0.2) is 11.6 Å². The second-order valence-corrected chi connectivity index (χ2v) is 4.09. The zero-order chi connectivity index (χ0) is 14.7. The molecule has 1 aromatic heterocycles. The van der Waals surface area contributed by atoms with Gasteiger partial charge in [-0.15, -0.1) is 0 Å². The fraction of sp³-hybridized carbons (Fsp3) is 0.143. The third-order valence-electron chi connectivity index (χ3n) is 2.71. The SMILES string of the molecule is Cc1oc(C(=O)O)cc1COc1ccc(C=O)cc1F. The summed E-state index contributed by atoms with van der Waals surface area (Å²) in [6, 6.07) is 5.16. The van der Waals surface area contributed by atoms with Crippen LogP contribution in [0.5, 0.6) is 5.75 Å². The predicted molar refractivity (Wildman–Crippen MR) is 66.5 cm³/mol. The van der Waals surface area contributed by atoms with E-state index in [4.69, 9.17) is 14.3 Å². The van der Waals surface area contributed by atoms with Gasteiger partial charge in [0.2, 0.25) is 5.76 Å². The van der Waals surface area contributed by atoms with E-state index < -0.39 is 11.8 Å². The zero-order valence-corrected chi connectivity index (χ0v) is 10.6. The molecule has 1 heterocycles. The number of aldehydes is 1. The number of furan rings is 1. The number of hydrogen-bond donors (Lipinski definition) is 1. The Morgan fingerprint density at radius 2 is 2.20 bits per heavy atom. The van der Waals surface area contributed by atoms with E-state index in [1.807, 2.05) is 0 Å². The number of carboxylic acids is 1. The van der Waals surface area contributed by atoms with Gasteiger partial charge in [-0.3, -0.25) is 4.79 Å². The molecule has 0 amide bonds. The lowest BCUT2D eigenvalue weighted by atomic mass is 10.2. The molecule has 0 saturated carbocycles. The van der Waals surface area contributed by atoms with Crippen molar-refractivity contribution < 1.29 is 28.2 Å². The molecule has 20 heavy (non-hydrogen) atoms. The normalized spacial score (nSPS) is 10.3. The first-order valence-electron chi connectivity index (χ1n) is 5.71. The summed E-state index contributed by atoms with van der Waals surface area (Å²) in [5.74, 6) is -1.66. The first-order chi connectivity index (χ1) is 9.51. The molecule has 0 aliphatic carbocycles. The first-order valence-corrected chi connectivity index (χ1v) is 5.71. The van der Waals surface area contributed by atoms with Crippen LogP contribution in [0.4, 0.5) is 4.39 Å². The Balaban J connectivity index is 2.12. The second kappa shape index (κ2) is 5.56. The number of benzene rings is 1. The van der Waals surface area contributed by atoms with Crippen LogP contribution in [0.25, 0.3) is 0 Å². The minimum absolute atomic E-state index is 0.0203.